The summed E-state index contributed by atoms with van der Waals surface area (Å²) in [5.74, 6) is 0.379. The topological polar surface area (TPSA) is 53.9 Å². The number of nitrogens with one attached hydrogen (secondary N) is 1. The second-order valence-electron chi connectivity index (χ2n) is 5.47. The summed E-state index contributed by atoms with van der Waals surface area (Å²) in [6.45, 7) is 12.9. The molecular weight excluding hydrogens is 204 g/mol. The van der Waals surface area contributed by atoms with Crippen LogP contribution < -0.4 is 5.32 Å². The molecule has 0 aromatic rings. The van der Waals surface area contributed by atoms with Gasteiger partial charge in [0.2, 0.25) is 0 Å². The van der Waals surface area contributed by atoms with Gasteiger partial charge < -0.3 is 15.3 Å². The van der Waals surface area contributed by atoms with Gasteiger partial charge in [-0.3, -0.25) is 0 Å². The maximum absolute atomic E-state index is 9.61. The van der Waals surface area contributed by atoms with Gasteiger partial charge in [-0.25, -0.2) is 0 Å². The van der Waals surface area contributed by atoms with Crippen molar-refractivity contribution in [3.63, 3.8) is 0 Å². The van der Waals surface area contributed by atoms with E-state index in [2.05, 4.69) is 45.1 Å². The van der Waals surface area contributed by atoms with E-state index in [1.165, 1.54) is 0 Å². The second kappa shape index (κ2) is 6.86. The summed E-state index contributed by atoms with van der Waals surface area (Å²) in [5, 5.41) is 16.7. The average molecular weight is 230 g/mol. The van der Waals surface area contributed by atoms with Crippen LogP contribution in [0.2, 0.25) is 0 Å². The van der Waals surface area contributed by atoms with Crippen molar-refractivity contribution in [2.24, 2.45) is 11.1 Å². The van der Waals surface area contributed by atoms with E-state index in [4.69, 9.17) is 4.84 Å². The Morgan fingerprint density at radius 2 is 1.94 bits per heavy atom. The van der Waals surface area contributed by atoms with Gasteiger partial charge in [0.15, 0.2) is 0 Å². The highest BCUT2D eigenvalue weighted by molar-refractivity contribution is 5.83. The number of aliphatic hydroxyl groups is 1. The first kappa shape index (κ1) is 15.4. The van der Waals surface area contributed by atoms with Gasteiger partial charge in [-0.05, 0) is 33.6 Å². The average Bonchev–Trinajstić information content (AvgIpc) is 2.13. The van der Waals surface area contributed by atoms with Crippen LogP contribution in [0.3, 0.4) is 0 Å². The molecule has 1 unspecified atom stereocenters. The molecular formula is C12H26N2O2. The van der Waals surface area contributed by atoms with Crippen molar-refractivity contribution in [1.82, 2.24) is 5.32 Å². The zero-order valence-corrected chi connectivity index (χ0v) is 11.4. The molecule has 0 rings (SSSR count). The molecule has 0 heterocycles. The molecule has 96 valence electrons. The highest BCUT2D eigenvalue weighted by atomic mass is 16.6. The quantitative estimate of drug-likeness (QED) is 0.540. The van der Waals surface area contributed by atoms with E-state index < -0.39 is 6.10 Å². The summed E-state index contributed by atoms with van der Waals surface area (Å²) in [6.07, 6.45) is -0.525. The van der Waals surface area contributed by atoms with Crippen molar-refractivity contribution in [3.05, 3.63) is 0 Å². The van der Waals surface area contributed by atoms with Gasteiger partial charge in [-0.15, -0.1) is 0 Å². The van der Waals surface area contributed by atoms with E-state index in [1.54, 1.807) is 0 Å². The van der Waals surface area contributed by atoms with Gasteiger partial charge in [0.1, 0.15) is 12.7 Å². The summed E-state index contributed by atoms with van der Waals surface area (Å²) in [4.78, 5) is 5.08. The van der Waals surface area contributed by atoms with E-state index in [0.717, 1.165) is 5.71 Å². The van der Waals surface area contributed by atoms with E-state index in [1.807, 2.05) is 6.92 Å². The predicted molar refractivity (Wildman–Crippen MR) is 67.7 cm³/mol. The molecule has 0 amide bonds. The van der Waals surface area contributed by atoms with Gasteiger partial charge in [0, 0.05) is 12.1 Å². The van der Waals surface area contributed by atoms with Crippen molar-refractivity contribution < 1.29 is 9.94 Å². The van der Waals surface area contributed by atoms with Crippen LogP contribution in [-0.4, -0.2) is 35.6 Å². The van der Waals surface area contributed by atoms with Crippen LogP contribution in [0.25, 0.3) is 0 Å². The minimum atomic E-state index is -0.525. The molecule has 0 aliphatic heterocycles. The number of aliphatic hydroxyl groups excluding tert-OH is 1. The lowest BCUT2D eigenvalue weighted by Gasteiger charge is -2.22. The SMILES string of the molecule is C/C(=N/OCC(O)CNC(C)(C)C)C(C)C. The molecule has 1 atom stereocenters. The summed E-state index contributed by atoms with van der Waals surface area (Å²) in [6, 6.07) is 0. The Kier molecular flexibility index (Phi) is 6.60. The third-order valence-electron chi connectivity index (χ3n) is 2.18. The highest BCUT2D eigenvalue weighted by Gasteiger charge is 2.12. The van der Waals surface area contributed by atoms with Gasteiger partial charge in [-0.2, -0.15) is 0 Å². The second-order valence-corrected chi connectivity index (χ2v) is 5.47. The Morgan fingerprint density at radius 1 is 1.38 bits per heavy atom. The first-order valence-corrected chi connectivity index (χ1v) is 5.82. The Labute approximate surface area is 99.1 Å². The van der Waals surface area contributed by atoms with Crippen molar-refractivity contribution in [2.45, 2.75) is 53.2 Å². The zero-order valence-electron chi connectivity index (χ0n) is 11.4. The molecule has 0 aromatic carbocycles. The summed E-state index contributed by atoms with van der Waals surface area (Å²) in [5.41, 5.74) is 0.953. The monoisotopic (exact) mass is 230 g/mol. The standard InChI is InChI=1S/C12H26N2O2/c1-9(2)10(3)14-16-8-11(15)7-13-12(4,5)6/h9,11,13,15H,7-8H2,1-6H3/b14-10-. The minimum Gasteiger partial charge on any atom is -0.393 e. The van der Waals surface area contributed by atoms with Crippen LogP contribution in [-0.2, 0) is 4.84 Å². The lowest BCUT2D eigenvalue weighted by Crippen LogP contribution is -2.42. The molecule has 0 saturated carbocycles. The zero-order chi connectivity index (χ0) is 12.8. The molecule has 16 heavy (non-hydrogen) atoms. The smallest absolute Gasteiger partial charge is 0.144 e. The number of rotatable bonds is 6. The molecule has 0 fully saturated rings. The maximum Gasteiger partial charge on any atom is 0.144 e. The predicted octanol–water partition coefficient (Wildman–Crippen LogP) is 1.78. The fourth-order valence-electron chi connectivity index (χ4n) is 0.813. The minimum absolute atomic E-state index is 0.0120. The molecule has 2 N–H and O–H groups in total. The number of hydrogen-bond acceptors (Lipinski definition) is 4. The summed E-state index contributed by atoms with van der Waals surface area (Å²) >= 11 is 0. The van der Waals surface area contributed by atoms with Gasteiger partial charge in [0.25, 0.3) is 0 Å². The molecule has 4 heteroatoms. The van der Waals surface area contributed by atoms with E-state index in [-0.39, 0.29) is 12.1 Å². The molecule has 0 aliphatic rings. The van der Waals surface area contributed by atoms with E-state index >= 15 is 0 Å². The molecule has 0 spiro atoms. The lowest BCUT2D eigenvalue weighted by molar-refractivity contribution is 0.0366. The van der Waals surface area contributed by atoms with Gasteiger partial charge >= 0.3 is 0 Å². The van der Waals surface area contributed by atoms with Crippen molar-refractivity contribution in [3.8, 4) is 0 Å². The van der Waals surface area contributed by atoms with E-state index in [0.29, 0.717) is 12.5 Å². The Hall–Kier alpha value is -0.610. The van der Waals surface area contributed by atoms with Crippen LogP contribution in [0.15, 0.2) is 5.16 Å². The van der Waals surface area contributed by atoms with Crippen LogP contribution in [0.5, 0.6) is 0 Å². The van der Waals surface area contributed by atoms with Crippen LogP contribution in [0, 0.1) is 5.92 Å². The molecule has 0 aromatic heterocycles. The molecule has 4 nitrogen and oxygen atoms in total. The molecule has 0 bridgehead atoms. The summed E-state index contributed by atoms with van der Waals surface area (Å²) < 4.78 is 0. The number of nitrogens with zero attached hydrogens (tertiary/aromatic N) is 1. The van der Waals surface area contributed by atoms with Crippen molar-refractivity contribution in [1.29, 1.82) is 0 Å². The van der Waals surface area contributed by atoms with Crippen LogP contribution in [0.4, 0.5) is 0 Å². The first-order chi connectivity index (χ1) is 7.22. The maximum atomic E-state index is 9.61. The Balaban J connectivity index is 3.74. The fourth-order valence-corrected chi connectivity index (χ4v) is 0.813. The normalized spacial score (nSPS) is 15.4. The number of hydrogen-bond donors (Lipinski definition) is 2. The lowest BCUT2D eigenvalue weighted by atomic mass is 10.1. The van der Waals surface area contributed by atoms with E-state index in [9.17, 15) is 5.11 Å². The third kappa shape index (κ3) is 8.68. The molecule has 0 saturated heterocycles. The molecule has 0 aliphatic carbocycles. The largest absolute Gasteiger partial charge is 0.393 e. The number of β-amino-alcohol motifs (C(OH)–C–C–N with tert-alkyl or cyclic N) is 1. The van der Waals surface area contributed by atoms with Crippen molar-refractivity contribution in [2.75, 3.05) is 13.2 Å². The Morgan fingerprint density at radius 3 is 2.38 bits per heavy atom. The Bertz CT molecular complexity index is 220. The van der Waals surface area contributed by atoms with Gasteiger partial charge in [0.05, 0.1) is 5.71 Å². The highest BCUT2D eigenvalue weighted by Crippen LogP contribution is 2.00. The fraction of sp³-hybridized carbons (Fsp3) is 0.917. The van der Waals surface area contributed by atoms with Crippen molar-refractivity contribution >= 4 is 5.71 Å². The first-order valence-electron chi connectivity index (χ1n) is 5.82. The van der Waals surface area contributed by atoms with Crippen LogP contribution in [0.1, 0.15) is 41.5 Å². The van der Waals surface area contributed by atoms with Crippen LogP contribution >= 0.6 is 0 Å². The van der Waals surface area contributed by atoms with Gasteiger partial charge in [-0.1, -0.05) is 19.0 Å². The summed E-state index contributed by atoms with van der Waals surface area (Å²) in [7, 11) is 0. The third-order valence-corrected chi connectivity index (χ3v) is 2.18. The number of oxime groups is 1. The molecule has 0 radical (unpaired) electrons.